The summed E-state index contributed by atoms with van der Waals surface area (Å²) in [5.41, 5.74) is 2.74. The summed E-state index contributed by atoms with van der Waals surface area (Å²) in [5, 5.41) is 25.4. The van der Waals surface area contributed by atoms with Gasteiger partial charge in [0, 0.05) is 17.0 Å². The van der Waals surface area contributed by atoms with Crippen LogP contribution in [-0.4, -0.2) is 62.1 Å². The molecule has 0 bridgehead atoms. The predicted molar refractivity (Wildman–Crippen MR) is 213 cm³/mol. The summed E-state index contributed by atoms with van der Waals surface area (Å²) in [6.45, 7) is 19.8. The van der Waals surface area contributed by atoms with E-state index in [1.807, 2.05) is 0 Å². The van der Waals surface area contributed by atoms with Crippen molar-refractivity contribution in [2.45, 2.75) is 149 Å². The Morgan fingerprint density at radius 2 is 1.63 bits per heavy atom. The second-order valence-electron chi connectivity index (χ2n) is 20.8. The predicted octanol–water partition coefficient (Wildman–Crippen LogP) is 9.30. The Kier molecular flexibility index (Phi) is 9.55. The van der Waals surface area contributed by atoms with Crippen LogP contribution in [0.25, 0.3) is 0 Å². The number of alkyl halides is 1. The highest BCUT2D eigenvalue weighted by Crippen LogP contribution is 2.76. The van der Waals surface area contributed by atoms with E-state index in [1.54, 1.807) is 0 Å². The van der Waals surface area contributed by atoms with E-state index in [0.717, 1.165) is 13.0 Å². The van der Waals surface area contributed by atoms with Gasteiger partial charge in [0.25, 0.3) is 0 Å². The average Bonchev–Trinajstić information content (AvgIpc) is 3.46. The number of aliphatic carboxylic acids is 1. The molecule has 0 unspecified atom stereocenters. The molecule has 1 saturated heterocycles. The number of halogens is 1. The maximum atomic E-state index is 14.0. The van der Waals surface area contributed by atoms with Crippen LogP contribution < -0.4 is 5.32 Å². The molecule has 0 radical (unpaired) electrons. The smallest absolute Gasteiger partial charge is 0.312 e. The average molecular weight is 740 g/mol. The lowest BCUT2D eigenvalue weighted by atomic mass is 9.33. The lowest BCUT2D eigenvalue weighted by Crippen LogP contribution is -2.68. The van der Waals surface area contributed by atoms with Crippen LogP contribution in [0.2, 0.25) is 0 Å². The standard InChI is InChI=1S/C45H70FNO4S/c1-30(2)32-13-20-45(47-26-23-44(50)24-27-52(8,51)28-25-44)22-21-41(6)34(37(32)45)9-10-36-40(5)16-14-33(39(3,4)35(40)15-17-42(36,41)7)31-11-18-43(29-46,19-12-31)38(48)49/h11,14,32,34-37,47,50H,1,8-10,12-13,15-29H2,2-7H3,(H,48,49)/t32-,34+,35-,36+,37+,40-,41+,42+,43-,44?,45-,52?/m0/s1. The lowest BCUT2D eigenvalue weighted by molar-refractivity contribution is -0.221. The minimum atomic E-state index is -2.03. The van der Waals surface area contributed by atoms with Crippen LogP contribution in [0.3, 0.4) is 0 Å². The van der Waals surface area contributed by atoms with Gasteiger partial charge < -0.3 is 15.5 Å². The Labute approximate surface area is 315 Å². The first-order valence-electron chi connectivity index (χ1n) is 20.9. The number of carboxylic acids is 1. The van der Waals surface area contributed by atoms with Gasteiger partial charge in [-0.3, -0.25) is 9.00 Å². The van der Waals surface area contributed by atoms with Gasteiger partial charge >= 0.3 is 5.97 Å². The Balaban J connectivity index is 1.14. The Morgan fingerprint density at radius 3 is 2.25 bits per heavy atom. The van der Waals surface area contributed by atoms with Crippen molar-refractivity contribution in [1.82, 2.24) is 5.32 Å². The molecule has 5 fully saturated rings. The Morgan fingerprint density at radius 1 is 0.923 bits per heavy atom. The van der Waals surface area contributed by atoms with Crippen molar-refractivity contribution >= 4 is 21.4 Å². The zero-order valence-corrected chi connectivity index (χ0v) is 34.2. The van der Waals surface area contributed by atoms with Crippen molar-refractivity contribution in [2.75, 3.05) is 24.7 Å². The van der Waals surface area contributed by atoms with Gasteiger partial charge in [0.15, 0.2) is 0 Å². The van der Waals surface area contributed by atoms with Gasteiger partial charge in [0.2, 0.25) is 0 Å². The van der Waals surface area contributed by atoms with E-state index < -0.39 is 33.2 Å². The van der Waals surface area contributed by atoms with E-state index in [4.69, 9.17) is 0 Å². The zero-order valence-electron chi connectivity index (χ0n) is 33.4. The number of carboxylic acid groups (broad SMARTS) is 1. The molecule has 292 valence electrons. The maximum absolute atomic E-state index is 14.0. The van der Waals surface area contributed by atoms with E-state index >= 15 is 0 Å². The summed E-state index contributed by atoms with van der Waals surface area (Å²) in [6, 6.07) is 0. The van der Waals surface area contributed by atoms with Crippen molar-refractivity contribution < 1.29 is 23.6 Å². The Hall–Kier alpha value is -1.44. The largest absolute Gasteiger partial charge is 0.481 e. The normalized spacial score (nSPS) is 49.7. The third kappa shape index (κ3) is 5.72. The molecule has 0 aromatic carbocycles. The van der Waals surface area contributed by atoms with E-state index in [0.29, 0.717) is 73.2 Å². The summed E-state index contributed by atoms with van der Waals surface area (Å²) in [7, 11) is -2.03. The first kappa shape index (κ1) is 38.8. The van der Waals surface area contributed by atoms with Gasteiger partial charge in [-0.25, -0.2) is 4.39 Å². The highest BCUT2D eigenvalue weighted by Gasteiger charge is 2.70. The molecule has 4 saturated carbocycles. The first-order chi connectivity index (χ1) is 24.2. The van der Waals surface area contributed by atoms with E-state index in [9.17, 15) is 23.6 Å². The fourth-order valence-electron chi connectivity index (χ4n) is 14.9. The summed E-state index contributed by atoms with van der Waals surface area (Å²) < 4.78 is 26.5. The zero-order chi connectivity index (χ0) is 37.8. The monoisotopic (exact) mass is 740 g/mol. The number of fused-ring (bicyclic) bond motifs is 7. The second-order valence-corrected chi connectivity index (χ2v) is 23.6. The number of aliphatic hydroxyl groups is 1. The second kappa shape index (κ2) is 12.8. The third-order valence-corrected chi connectivity index (χ3v) is 20.2. The molecule has 5 nitrogen and oxygen atoms in total. The van der Waals surface area contributed by atoms with Crippen molar-refractivity contribution in [1.29, 1.82) is 0 Å². The lowest BCUT2D eigenvalue weighted by Gasteiger charge is -2.72. The number of rotatable bonds is 8. The molecule has 10 atom stereocenters. The third-order valence-electron chi connectivity index (χ3n) is 18.3. The van der Waals surface area contributed by atoms with Crippen LogP contribution in [0.1, 0.15) is 138 Å². The topological polar surface area (TPSA) is 86.6 Å². The van der Waals surface area contributed by atoms with Gasteiger partial charge in [0.1, 0.15) is 6.67 Å². The van der Waals surface area contributed by atoms with Crippen molar-refractivity contribution in [2.24, 2.45) is 56.7 Å². The summed E-state index contributed by atoms with van der Waals surface area (Å²) in [5.74, 6) is 6.90. The fraction of sp³-hybridized carbons (Fsp3) is 0.822. The molecular formula is C45H70FNO4S. The molecule has 1 heterocycles. The van der Waals surface area contributed by atoms with Crippen LogP contribution >= 0.6 is 0 Å². The maximum Gasteiger partial charge on any atom is 0.312 e. The van der Waals surface area contributed by atoms with Gasteiger partial charge in [-0.15, -0.1) is 0 Å². The SMILES string of the molecule is C=C(C)[C@@H]1CC[C@]2(NCCC3(O)CCS(=C)(=O)CC3)CC[C@]3(C)[C@H](CC[C@@H]4[C@@]5(C)CC=C(C6=CC[C@](CF)(C(=O)O)CC6)C(C)(C)[C@@H]5CC[C@]43C)[C@@H]12. The molecule has 0 aromatic rings. The van der Waals surface area contributed by atoms with Crippen LogP contribution in [0, 0.1) is 56.7 Å². The molecular weight excluding hydrogens is 670 g/mol. The quantitative estimate of drug-likeness (QED) is 0.171. The van der Waals surface area contributed by atoms with Gasteiger partial charge in [-0.05, 0) is 188 Å². The van der Waals surface area contributed by atoms with Crippen LogP contribution in [0.5, 0.6) is 0 Å². The van der Waals surface area contributed by atoms with Crippen LogP contribution in [0.4, 0.5) is 4.39 Å². The Bertz CT molecular complexity index is 1630. The van der Waals surface area contributed by atoms with Crippen molar-refractivity contribution in [3.8, 4) is 0 Å². The molecule has 0 spiro atoms. The van der Waals surface area contributed by atoms with Gasteiger partial charge in [-0.2, -0.15) is 0 Å². The van der Waals surface area contributed by atoms with Crippen LogP contribution in [-0.2, 0) is 14.3 Å². The molecule has 6 aliphatic carbocycles. The van der Waals surface area contributed by atoms with Gasteiger partial charge in [0.05, 0.1) is 11.0 Å². The minimum Gasteiger partial charge on any atom is -0.481 e. The number of allylic oxidation sites excluding steroid dienone is 5. The van der Waals surface area contributed by atoms with Gasteiger partial charge in [-0.1, -0.05) is 58.9 Å². The van der Waals surface area contributed by atoms with E-state index in [1.165, 1.54) is 68.1 Å². The number of nitrogens with one attached hydrogen (secondary N) is 1. The number of hydrogen-bond donors (Lipinski definition) is 3. The molecule has 7 heteroatoms. The summed E-state index contributed by atoms with van der Waals surface area (Å²) in [4.78, 5) is 12.0. The molecule has 0 aromatic heterocycles. The van der Waals surface area contributed by atoms with E-state index in [2.05, 4.69) is 71.5 Å². The summed E-state index contributed by atoms with van der Waals surface area (Å²) in [6.07, 6.45) is 18.7. The molecule has 52 heavy (non-hydrogen) atoms. The van der Waals surface area contributed by atoms with Crippen molar-refractivity contribution in [3.63, 3.8) is 0 Å². The minimum absolute atomic E-state index is 0.0223. The summed E-state index contributed by atoms with van der Waals surface area (Å²) >= 11 is 0. The molecule has 1 aliphatic heterocycles. The van der Waals surface area contributed by atoms with Crippen molar-refractivity contribution in [3.05, 3.63) is 35.5 Å². The van der Waals surface area contributed by atoms with Crippen LogP contribution in [0.15, 0.2) is 35.5 Å². The molecule has 3 N–H and O–H groups in total. The number of hydrogen-bond acceptors (Lipinski definition) is 4. The fourth-order valence-corrected chi connectivity index (χ4v) is 16.6. The molecule has 0 amide bonds. The van der Waals surface area contributed by atoms with E-state index in [-0.39, 0.29) is 33.6 Å². The highest BCUT2D eigenvalue weighted by atomic mass is 32.2. The highest BCUT2D eigenvalue weighted by molar-refractivity contribution is 8.00. The molecule has 7 rings (SSSR count). The number of carbonyl (C=O) groups is 1. The first-order valence-corrected chi connectivity index (χ1v) is 22.9. The molecule has 7 aliphatic rings.